The van der Waals surface area contributed by atoms with Crippen molar-refractivity contribution in [1.82, 2.24) is 4.90 Å². The van der Waals surface area contributed by atoms with Crippen LogP contribution in [0.15, 0.2) is 35.5 Å². The summed E-state index contributed by atoms with van der Waals surface area (Å²) in [5, 5.41) is 0. The molecule has 1 aromatic rings. The maximum atomic E-state index is 14.3. The summed E-state index contributed by atoms with van der Waals surface area (Å²) in [5.74, 6) is -6.01. The summed E-state index contributed by atoms with van der Waals surface area (Å²) < 4.78 is 67.8. The van der Waals surface area contributed by atoms with Gasteiger partial charge in [0.25, 0.3) is 0 Å². The largest absolute Gasteiger partial charge is 0.455 e. The predicted octanol–water partition coefficient (Wildman–Crippen LogP) is 3.89. The fourth-order valence-electron chi connectivity index (χ4n) is 3.30. The average molecular weight is 344 g/mol. The highest BCUT2D eigenvalue weighted by atomic mass is 19.4. The summed E-state index contributed by atoms with van der Waals surface area (Å²) in [6.45, 7) is 2.64. The molecule has 3 rings (SSSR count). The SMILES string of the molecule is CC(=O)N1C=CC2(C=Nc3c(C)cccc32)C1C(F)(F)C(F)(F)F. The number of para-hydroxylation sites is 1. The van der Waals surface area contributed by atoms with Crippen molar-refractivity contribution < 1.29 is 26.7 Å². The van der Waals surface area contributed by atoms with E-state index in [-0.39, 0.29) is 5.56 Å². The Morgan fingerprint density at radius 1 is 1.25 bits per heavy atom. The molecule has 0 fully saturated rings. The predicted molar refractivity (Wildman–Crippen MR) is 77.5 cm³/mol. The minimum Gasteiger partial charge on any atom is -0.308 e. The molecule has 2 heterocycles. The molecule has 24 heavy (non-hydrogen) atoms. The number of amides is 1. The Morgan fingerprint density at radius 3 is 2.50 bits per heavy atom. The van der Waals surface area contributed by atoms with Gasteiger partial charge in [-0.05, 0) is 24.1 Å². The zero-order valence-electron chi connectivity index (χ0n) is 12.7. The summed E-state index contributed by atoms with van der Waals surface area (Å²) >= 11 is 0. The first-order valence-corrected chi connectivity index (χ1v) is 7.10. The lowest BCUT2D eigenvalue weighted by Gasteiger charge is -2.39. The maximum Gasteiger partial charge on any atom is 0.455 e. The number of carbonyl (C=O) groups is 1. The van der Waals surface area contributed by atoms with Crippen LogP contribution in [0.4, 0.5) is 27.6 Å². The van der Waals surface area contributed by atoms with Crippen molar-refractivity contribution in [2.75, 3.05) is 0 Å². The fourth-order valence-corrected chi connectivity index (χ4v) is 3.30. The Kier molecular flexibility index (Phi) is 3.37. The molecule has 0 aromatic heterocycles. The number of aryl methyl sites for hydroxylation is 1. The van der Waals surface area contributed by atoms with E-state index in [4.69, 9.17) is 0 Å². The van der Waals surface area contributed by atoms with Crippen LogP contribution in [0.2, 0.25) is 0 Å². The molecule has 1 spiro atoms. The molecule has 1 amide bonds. The summed E-state index contributed by atoms with van der Waals surface area (Å²) in [6.07, 6.45) is -2.55. The molecule has 1 aromatic carbocycles. The van der Waals surface area contributed by atoms with E-state index in [2.05, 4.69) is 4.99 Å². The molecule has 0 aliphatic carbocycles. The third kappa shape index (κ3) is 2.01. The van der Waals surface area contributed by atoms with Gasteiger partial charge in [0.1, 0.15) is 6.04 Å². The molecule has 0 N–H and O–H groups in total. The number of alkyl halides is 5. The van der Waals surface area contributed by atoms with Crippen LogP contribution in [-0.2, 0) is 10.2 Å². The lowest BCUT2D eigenvalue weighted by molar-refractivity contribution is -0.301. The second-order valence-electron chi connectivity index (χ2n) is 5.93. The van der Waals surface area contributed by atoms with Gasteiger partial charge in [0.15, 0.2) is 0 Å². The molecule has 2 aliphatic rings. The molecule has 0 saturated carbocycles. The van der Waals surface area contributed by atoms with E-state index in [0.29, 0.717) is 16.2 Å². The second-order valence-corrected chi connectivity index (χ2v) is 5.93. The molecule has 0 bridgehead atoms. The van der Waals surface area contributed by atoms with Crippen molar-refractivity contribution >= 4 is 17.8 Å². The highest BCUT2D eigenvalue weighted by Crippen LogP contribution is 2.54. The van der Waals surface area contributed by atoms with Crippen molar-refractivity contribution in [3.63, 3.8) is 0 Å². The van der Waals surface area contributed by atoms with Crippen LogP contribution in [0.25, 0.3) is 0 Å². The molecular formula is C16H13F5N2O. The molecule has 8 heteroatoms. The van der Waals surface area contributed by atoms with Gasteiger partial charge in [0.2, 0.25) is 5.91 Å². The van der Waals surface area contributed by atoms with Crippen LogP contribution in [0, 0.1) is 6.92 Å². The lowest BCUT2D eigenvalue weighted by atomic mass is 9.74. The quantitative estimate of drug-likeness (QED) is 0.712. The molecule has 128 valence electrons. The number of aliphatic imine (C=N–C) groups is 1. The third-order valence-electron chi connectivity index (χ3n) is 4.44. The highest BCUT2D eigenvalue weighted by Gasteiger charge is 2.71. The van der Waals surface area contributed by atoms with Crippen LogP contribution in [0.5, 0.6) is 0 Å². The van der Waals surface area contributed by atoms with E-state index < -0.39 is 29.5 Å². The van der Waals surface area contributed by atoms with E-state index >= 15 is 0 Å². The Hall–Kier alpha value is -2.25. The van der Waals surface area contributed by atoms with E-state index in [0.717, 1.165) is 19.3 Å². The van der Waals surface area contributed by atoms with E-state index in [9.17, 15) is 26.7 Å². The molecule has 3 nitrogen and oxygen atoms in total. The summed E-state index contributed by atoms with van der Waals surface area (Å²) in [5.41, 5.74) is -0.567. The zero-order chi connectivity index (χ0) is 17.9. The van der Waals surface area contributed by atoms with Gasteiger partial charge in [-0.3, -0.25) is 9.79 Å². The van der Waals surface area contributed by atoms with Gasteiger partial charge in [0.05, 0.1) is 11.1 Å². The normalized spacial score (nSPS) is 25.6. The first kappa shape index (κ1) is 16.6. The number of nitrogens with zero attached hydrogens (tertiary/aromatic N) is 2. The Bertz CT molecular complexity index is 768. The molecule has 2 unspecified atom stereocenters. The molecule has 2 atom stereocenters. The minimum absolute atomic E-state index is 0.233. The average Bonchev–Trinajstić information content (AvgIpc) is 3.02. The Morgan fingerprint density at radius 2 is 1.92 bits per heavy atom. The van der Waals surface area contributed by atoms with Crippen LogP contribution < -0.4 is 0 Å². The number of benzene rings is 1. The summed E-state index contributed by atoms with van der Waals surface area (Å²) in [6, 6.07) is 2.27. The maximum absolute atomic E-state index is 14.3. The zero-order valence-corrected chi connectivity index (χ0v) is 12.7. The van der Waals surface area contributed by atoms with Crippen molar-refractivity contribution in [2.24, 2.45) is 4.99 Å². The standard InChI is InChI=1S/C16H13F5N2O/c1-9-4-3-5-11-12(9)22-8-14(11)6-7-23(10(2)24)13(14)15(17,18)16(19,20)21/h3-8,13H,1-2H3. The Labute approximate surface area is 134 Å². The van der Waals surface area contributed by atoms with Crippen LogP contribution in [0.1, 0.15) is 18.1 Å². The van der Waals surface area contributed by atoms with Gasteiger partial charge < -0.3 is 4.90 Å². The van der Waals surface area contributed by atoms with Crippen molar-refractivity contribution in [2.45, 2.75) is 37.4 Å². The summed E-state index contributed by atoms with van der Waals surface area (Å²) in [7, 11) is 0. The van der Waals surface area contributed by atoms with E-state index in [1.165, 1.54) is 12.1 Å². The van der Waals surface area contributed by atoms with Crippen molar-refractivity contribution in [1.29, 1.82) is 0 Å². The first-order chi connectivity index (χ1) is 11.0. The number of carbonyl (C=O) groups excluding carboxylic acids is 1. The van der Waals surface area contributed by atoms with Crippen LogP contribution >= 0.6 is 0 Å². The van der Waals surface area contributed by atoms with Gasteiger partial charge in [-0.1, -0.05) is 18.2 Å². The van der Waals surface area contributed by atoms with E-state index in [1.807, 2.05) is 0 Å². The van der Waals surface area contributed by atoms with Gasteiger partial charge in [0, 0.05) is 19.3 Å². The van der Waals surface area contributed by atoms with Gasteiger partial charge in [-0.15, -0.1) is 0 Å². The monoisotopic (exact) mass is 344 g/mol. The topological polar surface area (TPSA) is 32.7 Å². The van der Waals surface area contributed by atoms with Gasteiger partial charge in [-0.25, -0.2) is 0 Å². The van der Waals surface area contributed by atoms with Crippen molar-refractivity contribution in [3.8, 4) is 0 Å². The first-order valence-electron chi connectivity index (χ1n) is 7.10. The Balaban J connectivity index is 2.23. The number of fused-ring (bicyclic) bond motifs is 2. The second kappa shape index (κ2) is 4.87. The van der Waals surface area contributed by atoms with Gasteiger partial charge in [-0.2, -0.15) is 22.0 Å². The lowest BCUT2D eigenvalue weighted by Crippen LogP contribution is -2.61. The fraction of sp³-hybridized carbons (Fsp3) is 0.375. The van der Waals surface area contributed by atoms with E-state index in [1.54, 1.807) is 19.1 Å². The number of rotatable bonds is 1. The number of hydrogen-bond acceptors (Lipinski definition) is 2. The molecule has 2 aliphatic heterocycles. The number of hydrogen-bond donors (Lipinski definition) is 0. The van der Waals surface area contributed by atoms with Gasteiger partial charge >= 0.3 is 12.1 Å². The minimum atomic E-state index is -5.80. The number of halogens is 5. The highest BCUT2D eigenvalue weighted by molar-refractivity contribution is 5.92. The third-order valence-corrected chi connectivity index (χ3v) is 4.44. The molecular weight excluding hydrogens is 331 g/mol. The van der Waals surface area contributed by atoms with Crippen LogP contribution in [0.3, 0.4) is 0 Å². The molecule has 0 radical (unpaired) electrons. The van der Waals surface area contributed by atoms with Crippen LogP contribution in [-0.4, -0.2) is 35.2 Å². The summed E-state index contributed by atoms with van der Waals surface area (Å²) in [4.78, 5) is 16.2. The smallest absolute Gasteiger partial charge is 0.308 e. The van der Waals surface area contributed by atoms with Crippen molar-refractivity contribution in [3.05, 3.63) is 41.6 Å². The molecule has 0 saturated heterocycles.